The molecule has 1 saturated carbocycles. The van der Waals surface area contributed by atoms with E-state index < -0.39 is 9.84 Å². The summed E-state index contributed by atoms with van der Waals surface area (Å²) < 4.78 is 20.9. The molecule has 2 fully saturated rings. The van der Waals surface area contributed by atoms with Gasteiger partial charge in [0.15, 0.2) is 0 Å². The van der Waals surface area contributed by atoms with E-state index >= 15 is 0 Å². The zero-order valence-electron chi connectivity index (χ0n) is 10.1. The molecule has 2 nitrogen and oxygen atoms in total. The van der Waals surface area contributed by atoms with Gasteiger partial charge in [-0.1, -0.05) is 30.3 Å². The summed E-state index contributed by atoms with van der Waals surface area (Å²) in [6, 6.07) is 10.8. The van der Waals surface area contributed by atoms with E-state index in [1.54, 1.807) is 0 Å². The molecule has 0 unspecified atom stereocenters. The smallest absolute Gasteiger partial charge is 0.150 e. The van der Waals surface area contributed by atoms with Crippen LogP contribution in [0.4, 0.5) is 0 Å². The van der Waals surface area contributed by atoms with Crippen LogP contribution in [-0.2, 0) is 16.3 Å². The zero-order chi connectivity index (χ0) is 12.1. The summed E-state index contributed by atoms with van der Waals surface area (Å²) in [6.07, 6.45) is 5.97. The van der Waals surface area contributed by atoms with Crippen molar-refractivity contribution in [2.24, 2.45) is 5.92 Å². The fourth-order valence-electron chi connectivity index (χ4n) is 2.02. The molecule has 3 rings (SSSR count). The third kappa shape index (κ3) is 4.90. The fourth-order valence-corrected chi connectivity index (χ4v) is 3.51. The Labute approximate surface area is 104 Å². The average molecular weight is 252 g/mol. The maximum absolute atomic E-state index is 10.4. The Morgan fingerprint density at radius 2 is 1.59 bits per heavy atom. The van der Waals surface area contributed by atoms with Crippen LogP contribution < -0.4 is 0 Å². The van der Waals surface area contributed by atoms with E-state index in [0.717, 1.165) is 18.8 Å². The molecule has 94 valence electrons. The molecule has 0 radical (unpaired) electrons. The molecular weight excluding hydrogens is 232 g/mol. The Morgan fingerprint density at radius 1 is 1.00 bits per heavy atom. The number of hydrogen-bond acceptors (Lipinski definition) is 2. The largest absolute Gasteiger partial charge is 0.229 e. The Hall–Kier alpha value is -0.830. The van der Waals surface area contributed by atoms with Crippen molar-refractivity contribution in [3.8, 4) is 0 Å². The first kappa shape index (κ1) is 12.6. The summed E-state index contributed by atoms with van der Waals surface area (Å²) in [7, 11) is -2.55. The van der Waals surface area contributed by atoms with E-state index in [9.17, 15) is 8.42 Å². The quantitative estimate of drug-likeness (QED) is 0.811. The minimum atomic E-state index is -2.55. The first-order valence-corrected chi connectivity index (χ1v) is 8.22. The number of sulfone groups is 1. The molecule has 0 atom stereocenters. The molecule has 1 aliphatic heterocycles. The van der Waals surface area contributed by atoms with Gasteiger partial charge in [-0.15, -0.1) is 0 Å². The van der Waals surface area contributed by atoms with Crippen LogP contribution in [0.1, 0.15) is 31.2 Å². The molecule has 1 aromatic carbocycles. The van der Waals surface area contributed by atoms with Crippen LogP contribution in [0.3, 0.4) is 0 Å². The summed E-state index contributed by atoms with van der Waals surface area (Å²) in [5, 5.41) is 0. The summed E-state index contributed by atoms with van der Waals surface area (Å²) >= 11 is 0. The maximum Gasteiger partial charge on any atom is 0.150 e. The second kappa shape index (κ2) is 5.67. The molecule has 0 aromatic heterocycles. The summed E-state index contributed by atoms with van der Waals surface area (Å²) in [5.74, 6) is 1.86. The lowest BCUT2D eigenvalue weighted by molar-refractivity contribution is 0.602. The van der Waals surface area contributed by atoms with Crippen LogP contribution in [0.15, 0.2) is 30.3 Å². The van der Waals surface area contributed by atoms with Gasteiger partial charge in [0.2, 0.25) is 0 Å². The van der Waals surface area contributed by atoms with Gasteiger partial charge in [-0.25, -0.2) is 8.42 Å². The number of hydrogen-bond donors (Lipinski definition) is 0. The molecule has 1 aliphatic carbocycles. The lowest BCUT2D eigenvalue weighted by Gasteiger charge is -1.95. The van der Waals surface area contributed by atoms with Crippen molar-refractivity contribution in [3.63, 3.8) is 0 Å². The molecule has 1 saturated heterocycles. The van der Waals surface area contributed by atoms with Crippen molar-refractivity contribution in [2.75, 3.05) is 11.5 Å². The maximum atomic E-state index is 10.4. The third-order valence-electron chi connectivity index (χ3n) is 3.22. The van der Waals surface area contributed by atoms with Gasteiger partial charge in [-0.2, -0.15) is 0 Å². The second-order valence-electron chi connectivity index (χ2n) is 4.99. The molecule has 2 aliphatic rings. The first-order valence-electron chi connectivity index (χ1n) is 6.40. The van der Waals surface area contributed by atoms with Gasteiger partial charge in [-0.3, -0.25) is 0 Å². The predicted octanol–water partition coefficient (Wildman–Crippen LogP) is 2.83. The summed E-state index contributed by atoms with van der Waals surface area (Å²) in [6.45, 7) is 0. The fraction of sp³-hybridized carbons (Fsp3) is 0.571. The van der Waals surface area contributed by atoms with Gasteiger partial charge >= 0.3 is 0 Å². The first-order chi connectivity index (χ1) is 8.16. The molecule has 3 heteroatoms. The Kier molecular flexibility index (Phi) is 4.21. The SMILES string of the molecule is O=S1(=O)CCCC1.c1ccc(CC2CC2)cc1. The molecule has 0 spiro atoms. The van der Waals surface area contributed by atoms with E-state index in [4.69, 9.17) is 0 Å². The normalized spacial score (nSPS) is 21.6. The van der Waals surface area contributed by atoms with Crippen LogP contribution in [0.2, 0.25) is 0 Å². The van der Waals surface area contributed by atoms with Crippen molar-refractivity contribution >= 4 is 9.84 Å². The van der Waals surface area contributed by atoms with Gasteiger partial charge in [0.05, 0.1) is 11.5 Å². The van der Waals surface area contributed by atoms with Gasteiger partial charge in [0, 0.05) is 0 Å². The van der Waals surface area contributed by atoms with Gasteiger partial charge in [0.1, 0.15) is 9.84 Å². The second-order valence-corrected chi connectivity index (χ2v) is 7.30. The van der Waals surface area contributed by atoms with Crippen LogP contribution in [-0.4, -0.2) is 19.9 Å². The highest BCUT2D eigenvalue weighted by Crippen LogP contribution is 2.32. The third-order valence-corrected chi connectivity index (χ3v) is 5.05. The lowest BCUT2D eigenvalue weighted by atomic mass is 10.1. The molecule has 1 aromatic rings. The van der Waals surface area contributed by atoms with Gasteiger partial charge in [-0.05, 0) is 43.6 Å². The van der Waals surface area contributed by atoms with Crippen LogP contribution in [0.5, 0.6) is 0 Å². The lowest BCUT2D eigenvalue weighted by Crippen LogP contribution is -1.98. The number of rotatable bonds is 2. The molecule has 0 bridgehead atoms. The van der Waals surface area contributed by atoms with Crippen molar-refractivity contribution in [1.82, 2.24) is 0 Å². The Bertz CT molecular complexity index is 421. The Balaban J connectivity index is 0.000000136. The Morgan fingerprint density at radius 3 is 2.00 bits per heavy atom. The highest BCUT2D eigenvalue weighted by molar-refractivity contribution is 7.91. The van der Waals surface area contributed by atoms with Gasteiger partial charge in [0.25, 0.3) is 0 Å². The van der Waals surface area contributed by atoms with Crippen LogP contribution in [0, 0.1) is 5.92 Å². The highest BCUT2D eigenvalue weighted by Gasteiger charge is 2.20. The van der Waals surface area contributed by atoms with E-state index in [-0.39, 0.29) is 0 Å². The molecule has 0 amide bonds. The van der Waals surface area contributed by atoms with Gasteiger partial charge < -0.3 is 0 Å². The highest BCUT2D eigenvalue weighted by atomic mass is 32.2. The van der Waals surface area contributed by atoms with Crippen molar-refractivity contribution in [3.05, 3.63) is 35.9 Å². The van der Waals surface area contributed by atoms with E-state index in [1.165, 1.54) is 24.8 Å². The standard InChI is InChI=1S/C10H12.C4H8O2S/c1-2-4-9(5-3-1)8-10-6-7-10;5-7(6)3-1-2-4-7/h1-5,10H,6-8H2;1-4H2. The van der Waals surface area contributed by atoms with E-state index in [2.05, 4.69) is 30.3 Å². The minimum Gasteiger partial charge on any atom is -0.229 e. The monoisotopic (exact) mass is 252 g/mol. The topological polar surface area (TPSA) is 34.1 Å². The zero-order valence-corrected chi connectivity index (χ0v) is 11.0. The minimum absolute atomic E-state index is 0.424. The summed E-state index contributed by atoms with van der Waals surface area (Å²) in [5.41, 5.74) is 1.50. The van der Waals surface area contributed by atoms with Crippen LogP contribution >= 0.6 is 0 Å². The van der Waals surface area contributed by atoms with E-state index in [1.807, 2.05) is 0 Å². The molecule has 1 heterocycles. The molecule has 0 N–H and O–H groups in total. The number of benzene rings is 1. The van der Waals surface area contributed by atoms with E-state index in [0.29, 0.717) is 11.5 Å². The average Bonchev–Trinajstić information content (AvgIpc) is 3.03. The van der Waals surface area contributed by atoms with Crippen molar-refractivity contribution < 1.29 is 8.42 Å². The molecule has 17 heavy (non-hydrogen) atoms. The van der Waals surface area contributed by atoms with Crippen molar-refractivity contribution in [1.29, 1.82) is 0 Å². The van der Waals surface area contributed by atoms with Crippen LogP contribution in [0.25, 0.3) is 0 Å². The van der Waals surface area contributed by atoms with Crippen molar-refractivity contribution in [2.45, 2.75) is 32.1 Å². The predicted molar refractivity (Wildman–Crippen MR) is 70.8 cm³/mol. The summed E-state index contributed by atoms with van der Waals surface area (Å²) in [4.78, 5) is 0. The molecular formula is C14H20O2S.